The molecule has 2 N–H and O–H groups in total. The van der Waals surface area contributed by atoms with Gasteiger partial charge < -0.3 is 19.9 Å². The summed E-state index contributed by atoms with van der Waals surface area (Å²) < 4.78 is 10.4. The third kappa shape index (κ3) is 6.89. The summed E-state index contributed by atoms with van der Waals surface area (Å²) in [7, 11) is 1.62. The molecule has 0 aromatic heterocycles. The molecule has 1 atom stereocenters. The van der Waals surface area contributed by atoms with Crippen molar-refractivity contribution in [2.45, 2.75) is 25.4 Å². The third-order valence-corrected chi connectivity index (χ3v) is 3.96. The number of halogens is 1. The minimum Gasteiger partial charge on any atom is -0.491 e. The van der Waals surface area contributed by atoms with E-state index in [2.05, 4.69) is 5.32 Å². The number of carboxylic acid groups (broad SMARTS) is 1. The average Bonchev–Trinajstić information content (AvgIpc) is 3.03. The second-order valence-electron chi connectivity index (χ2n) is 5.73. The highest BCUT2D eigenvalue weighted by molar-refractivity contribution is 5.85. The smallest absolute Gasteiger partial charge is 0.320 e. The molecule has 1 aromatic rings. The summed E-state index contributed by atoms with van der Waals surface area (Å²) in [5, 5.41) is 11.9. The summed E-state index contributed by atoms with van der Waals surface area (Å²) in [4.78, 5) is 24.8. The average molecular weight is 373 g/mol. The van der Waals surface area contributed by atoms with Gasteiger partial charge in [0, 0.05) is 13.7 Å². The highest BCUT2D eigenvalue weighted by Gasteiger charge is 2.31. The van der Waals surface area contributed by atoms with Crippen LogP contribution in [0, 0.1) is 0 Å². The SMILES string of the molecule is COCCOc1ccc(CNC(=O)CN2CCC[C@H]2C(=O)O)cc1.Cl. The van der Waals surface area contributed by atoms with Crippen LogP contribution in [0.2, 0.25) is 0 Å². The zero-order valence-corrected chi connectivity index (χ0v) is 15.1. The second-order valence-corrected chi connectivity index (χ2v) is 5.73. The van der Waals surface area contributed by atoms with E-state index in [1.54, 1.807) is 12.0 Å². The van der Waals surface area contributed by atoms with E-state index in [4.69, 9.17) is 14.6 Å². The van der Waals surface area contributed by atoms with E-state index in [-0.39, 0.29) is 24.9 Å². The first-order valence-corrected chi connectivity index (χ1v) is 8.04. The van der Waals surface area contributed by atoms with Crippen LogP contribution in [0.1, 0.15) is 18.4 Å². The number of likely N-dealkylation sites (tertiary alicyclic amines) is 1. The molecule has 8 heteroatoms. The number of hydrogen-bond donors (Lipinski definition) is 2. The van der Waals surface area contributed by atoms with Gasteiger partial charge in [0.1, 0.15) is 18.4 Å². The lowest BCUT2D eigenvalue weighted by molar-refractivity contribution is -0.142. The number of methoxy groups -OCH3 is 1. The molecule has 1 fully saturated rings. The summed E-state index contributed by atoms with van der Waals surface area (Å²) in [5.41, 5.74) is 0.957. The highest BCUT2D eigenvalue weighted by Crippen LogP contribution is 2.16. The Morgan fingerprint density at radius 3 is 2.64 bits per heavy atom. The van der Waals surface area contributed by atoms with Gasteiger partial charge in [0.15, 0.2) is 0 Å². The molecule has 1 aliphatic rings. The van der Waals surface area contributed by atoms with Crippen LogP contribution >= 0.6 is 12.4 Å². The number of ether oxygens (including phenoxy) is 2. The molecule has 0 radical (unpaired) electrons. The second kappa shape index (κ2) is 10.9. The molecule has 0 bridgehead atoms. The zero-order chi connectivity index (χ0) is 17.4. The fourth-order valence-corrected chi connectivity index (χ4v) is 2.68. The van der Waals surface area contributed by atoms with Gasteiger partial charge in [0.2, 0.25) is 5.91 Å². The number of rotatable bonds is 9. The monoisotopic (exact) mass is 372 g/mol. The number of benzene rings is 1. The van der Waals surface area contributed by atoms with Crippen LogP contribution < -0.4 is 10.1 Å². The van der Waals surface area contributed by atoms with E-state index in [9.17, 15) is 9.59 Å². The molecule has 0 aliphatic carbocycles. The van der Waals surface area contributed by atoms with Gasteiger partial charge in [-0.2, -0.15) is 0 Å². The number of hydrogen-bond acceptors (Lipinski definition) is 5. The van der Waals surface area contributed by atoms with E-state index in [0.29, 0.717) is 32.7 Å². The molecule has 0 saturated carbocycles. The Hall–Kier alpha value is -1.83. The van der Waals surface area contributed by atoms with Gasteiger partial charge in [0.05, 0.1) is 13.2 Å². The van der Waals surface area contributed by atoms with E-state index in [1.807, 2.05) is 24.3 Å². The number of carboxylic acids is 1. The van der Waals surface area contributed by atoms with Crippen LogP contribution in [0.25, 0.3) is 0 Å². The Labute approximate surface area is 153 Å². The molecule has 0 spiro atoms. The maximum atomic E-state index is 12.0. The van der Waals surface area contributed by atoms with E-state index >= 15 is 0 Å². The first kappa shape index (κ1) is 21.2. The lowest BCUT2D eigenvalue weighted by atomic mass is 10.2. The number of nitrogens with one attached hydrogen (secondary N) is 1. The van der Waals surface area contributed by atoms with Crippen molar-refractivity contribution in [1.29, 1.82) is 0 Å². The first-order valence-electron chi connectivity index (χ1n) is 8.04. The van der Waals surface area contributed by atoms with E-state index < -0.39 is 12.0 Å². The minimum atomic E-state index is -0.857. The molecule has 2 rings (SSSR count). The van der Waals surface area contributed by atoms with Gasteiger partial charge in [-0.3, -0.25) is 14.5 Å². The fraction of sp³-hybridized carbons (Fsp3) is 0.529. The number of carbonyl (C=O) groups excluding carboxylic acids is 1. The van der Waals surface area contributed by atoms with Gasteiger partial charge in [0.25, 0.3) is 0 Å². The van der Waals surface area contributed by atoms with Crippen molar-refractivity contribution >= 4 is 24.3 Å². The van der Waals surface area contributed by atoms with Crippen molar-refractivity contribution in [1.82, 2.24) is 10.2 Å². The molecule has 1 amide bonds. The quantitative estimate of drug-likeness (QED) is 0.635. The fourth-order valence-electron chi connectivity index (χ4n) is 2.68. The summed E-state index contributed by atoms with van der Waals surface area (Å²) in [5.74, 6) is -0.267. The summed E-state index contributed by atoms with van der Waals surface area (Å²) in [6, 6.07) is 6.92. The van der Waals surface area contributed by atoms with Gasteiger partial charge in [-0.05, 0) is 37.1 Å². The van der Waals surface area contributed by atoms with Crippen LogP contribution in [0.5, 0.6) is 5.75 Å². The standard InChI is InChI=1S/C17H24N2O5.ClH/c1-23-9-10-24-14-6-4-13(5-7-14)11-18-16(20)12-19-8-2-3-15(19)17(21)22;/h4-7,15H,2-3,8-12H2,1H3,(H,18,20)(H,21,22);1H/t15-;/m0./s1. The number of aliphatic carboxylic acids is 1. The Bertz CT molecular complexity index is 552. The van der Waals surface area contributed by atoms with Gasteiger partial charge in [-0.15, -0.1) is 12.4 Å². The summed E-state index contributed by atoms with van der Waals surface area (Å²) >= 11 is 0. The van der Waals surface area contributed by atoms with Gasteiger partial charge in [-0.25, -0.2) is 0 Å². The van der Waals surface area contributed by atoms with Crippen molar-refractivity contribution in [2.24, 2.45) is 0 Å². The van der Waals surface area contributed by atoms with Gasteiger partial charge >= 0.3 is 5.97 Å². The van der Waals surface area contributed by atoms with Crippen LogP contribution in [0.4, 0.5) is 0 Å². The molecule has 7 nitrogen and oxygen atoms in total. The van der Waals surface area contributed by atoms with Crippen molar-refractivity contribution in [2.75, 3.05) is 33.4 Å². The molecular weight excluding hydrogens is 348 g/mol. The molecule has 0 unspecified atom stereocenters. The van der Waals surface area contributed by atoms with Gasteiger partial charge in [-0.1, -0.05) is 12.1 Å². The van der Waals surface area contributed by atoms with Crippen molar-refractivity contribution in [3.8, 4) is 5.75 Å². The lowest BCUT2D eigenvalue weighted by Gasteiger charge is -2.20. The maximum absolute atomic E-state index is 12.0. The third-order valence-electron chi connectivity index (χ3n) is 3.96. The van der Waals surface area contributed by atoms with E-state index in [1.165, 1.54) is 0 Å². The topological polar surface area (TPSA) is 88.1 Å². The number of amides is 1. The number of carbonyl (C=O) groups is 2. The largest absolute Gasteiger partial charge is 0.491 e. The van der Waals surface area contributed by atoms with Crippen molar-refractivity contribution < 1.29 is 24.2 Å². The van der Waals surface area contributed by atoms with Crippen molar-refractivity contribution in [3.05, 3.63) is 29.8 Å². The van der Waals surface area contributed by atoms with Crippen LogP contribution in [0.15, 0.2) is 24.3 Å². The zero-order valence-electron chi connectivity index (χ0n) is 14.3. The van der Waals surface area contributed by atoms with Crippen LogP contribution in [-0.2, 0) is 20.9 Å². The highest BCUT2D eigenvalue weighted by atomic mass is 35.5. The predicted molar refractivity (Wildman–Crippen MR) is 95.1 cm³/mol. The van der Waals surface area contributed by atoms with Crippen LogP contribution in [-0.4, -0.2) is 61.3 Å². The molecular formula is C17H25ClN2O5. The first-order chi connectivity index (χ1) is 11.6. The number of nitrogens with zero attached hydrogens (tertiary/aromatic N) is 1. The normalized spacial score (nSPS) is 16.9. The Morgan fingerprint density at radius 1 is 1.28 bits per heavy atom. The van der Waals surface area contributed by atoms with Crippen molar-refractivity contribution in [3.63, 3.8) is 0 Å². The molecule has 1 aliphatic heterocycles. The Balaban J connectivity index is 0.00000312. The summed E-state index contributed by atoms with van der Waals surface area (Å²) in [6.07, 6.45) is 1.42. The lowest BCUT2D eigenvalue weighted by Crippen LogP contribution is -2.42. The van der Waals surface area contributed by atoms with E-state index in [0.717, 1.165) is 17.7 Å². The molecule has 25 heavy (non-hydrogen) atoms. The Kier molecular flexibility index (Phi) is 9.26. The molecule has 1 saturated heterocycles. The van der Waals surface area contributed by atoms with Crippen LogP contribution in [0.3, 0.4) is 0 Å². The molecule has 140 valence electrons. The predicted octanol–water partition coefficient (Wildman–Crippen LogP) is 1.30. The summed E-state index contributed by atoms with van der Waals surface area (Å²) in [6.45, 7) is 2.20. The molecule has 1 aromatic carbocycles. The Morgan fingerprint density at radius 2 is 2.00 bits per heavy atom. The molecule has 1 heterocycles. The minimum absolute atomic E-state index is 0. The maximum Gasteiger partial charge on any atom is 0.320 e.